The van der Waals surface area contributed by atoms with Crippen LogP contribution >= 0.6 is 0 Å². The van der Waals surface area contributed by atoms with Crippen LogP contribution in [0, 0.1) is 34.5 Å². The van der Waals surface area contributed by atoms with E-state index in [1.165, 1.54) is 26.0 Å². The summed E-state index contributed by atoms with van der Waals surface area (Å²) in [6.07, 6.45) is 11.1. The number of methoxy groups -OCH3 is 1. The van der Waals surface area contributed by atoms with E-state index in [1.807, 2.05) is 0 Å². The highest BCUT2D eigenvalue weighted by atomic mass is 16.5. The molecule has 7 atom stereocenters. The molecule has 0 aromatic rings. The molecular weight excluding hydrogens is 340 g/mol. The van der Waals surface area contributed by atoms with Crippen molar-refractivity contribution in [1.82, 2.24) is 0 Å². The third kappa shape index (κ3) is 2.86. The highest BCUT2D eigenvalue weighted by Gasteiger charge is 2.60. The van der Waals surface area contributed by atoms with E-state index in [4.69, 9.17) is 9.47 Å². The van der Waals surface area contributed by atoms with E-state index in [2.05, 4.69) is 19.9 Å². The number of hydrogen-bond donors (Lipinski definition) is 0. The lowest BCUT2D eigenvalue weighted by Crippen LogP contribution is -2.51. The largest absolute Gasteiger partial charge is 0.469 e. The van der Waals surface area contributed by atoms with Crippen molar-refractivity contribution in [2.24, 2.45) is 34.5 Å². The van der Waals surface area contributed by atoms with Gasteiger partial charge in [-0.25, -0.2) is 0 Å². The summed E-state index contributed by atoms with van der Waals surface area (Å²) in [6.45, 7) is 6.32. The van der Waals surface area contributed by atoms with E-state index < -0.39 is 0 Å². The van der Waals surface area contributed by atoms with E-state index in [0.29, 0.717) is 17.8 Å². The van der Waals surface area contributed by atoms with Crippen LogP contribution < -0.4 is 0 Å². The first-order chi connectivity index (χ1) is 12.8. The molecule has 3 fully saturated rings. The van der Waals surface area contributed by atoms with Gasteiger partial charge >= 0.3 is 11.9 Å². The van der Waals surface area contributed by atoms with Crippen LogP contribution in [0.2, 0.25) is 0 Å². The van der Waals surface area contributed by atoms with Gasteiger partial charge in [0.05, 0.1) is 13.0 Å². The predicted molar refractivity (Wildman–Crippen MR) is 103 cm³/mol. The summed E-state index contributed by atoms with van der Waals surface area (Å²) >= 11 is 0. The second-order valence-corrected chi connectivity index (χ2v) is 9.93. The standard InChI is InChI=1S/C23H34O4/c1-14(24)27-16-9-11-22(2)15(13-16)5-6-17-18-7-8-20(21(25)26-4)23(18,3)12-10-19(17)22/h5,16-20H,6-13H2,1-4H3/t16?,17-,18-,19+,20?,22-,23-/m0/s1. The average Bonchev–Trinajstić information content (AvgIpc) is 2.98. The number of carbonyl (C=O) groups is 2. The second-order valence-electron chi connectivity index (χ2n) is 9.93. The van der Waals surface area contributed by atoms with Gasteiger partial charge in [0, 0.05) is 13.3 Å². The van der Waals surface area contributed by atoms with Gasteiger partial charge in [-0.15, -0.1) is 0 Å². The molecule has 4 nitrogen and oxygen atoms in total. The molecule has 4 aliphatic carbocycles. The Bertz CT molecular complexity index is 667. The quantitative estimate of drug-likeness (QED) is 0.521. The van der Waals surface area contributed by atoms with Crippen molar-refractivity contribution in [2.75, 3.05) is 7.11 Å². The molecule has 27 heavy (non-hydrogen) atoms. The van der Waals surface area contributed by atoms with Crippen molar-refractivity contribution >= 4 is 11.9 Å². The number of ether oxygens (including phenoxy) is 2. The van der Waals surface area contributed by atoms with Crippen LogP contribution in [0.3, 0.4) is 0 Å². The van der Waals surface area contributed by atoms with Crippen LogP contribution in [0.1, 0.15) is 72.1 Å². The number of hydrogen-bond acceptors (Lipinski definition) is 4. The second kappa shape index (κ2) is 6.63. The van der Waals surface area contributed by atoms with Gasteiger partial charge in [-0.3, -0.25) is 9.59 Å². The molecular formula is C23H34O4. The Kier molecular flexibility index (Phi) is 4.67. The summed E-state index contributed by atoms with van der Waals surface area (Å²) in [5.74, 6) is 1.92. The molecule has 0 amide bonds. The lowest BCUT2D eigenvalue weighted by atomic mass is 9.47. The molecule has 4 aliphatic rings. The predicted octanol–water partition coefficient (Wildman–Crippen LogP) is 4.67. The minimum absolute atomic E-state index is 0.00130. The summed E-state index contributed by atoms with van der Waals surface area (Å²) in [4.78, 5) is 23.7. The molecule has 0 aromatic heterocycles. The smallest absolute Gasteiger partial charge is 0.309 e. The van der Waals surface area contributed by atoms with Gasteiger partial charge in [0.1, 0.15) is 6.10 Å². The van der Waals surface area contributed by atoms with Crippen molar-refractivity contribution in [2.45, 2.75) is 78.2 Å². The van der Waals surface area contributed by atoms with Gasteiger partial charge in [0.25, 0.3) is 0 Å². The summed E-state index contributed by atoms with van der Waals surface area (Å²) < 4.78 is 10.7. The van der Waals surface area contributed by atoms with Gasteiger partial charge in [-0.05, 0) is 73.5 Å². The molecule has 4 rings (SSSR count). The van der Waals surface area contributed by atoms with Crippen molar-refractivity contribution in [3.63, 3.8) is 0 Å². The third-order valence-corrected chi connectivity index (χ3v) is 8.88. The van der Waals surface area contributed by atoms with Gasteiger partial charge in [-0.2, -0.15) is 0 Å². The van der Waals surface area contributed by atoms with E-state index in [0.717, 1.165) is 44.9 Å². The summed E-state index contributed by atoms with van der Waals surface area (Å²) in [7, 11) is 1.53. The maximum atomic E-state index is 12.4. The zero-order valence-corrected chi connectivity index (χ0v) is 17.3. The van der Waals surface area contributed by atoms with E-state index >= 15 is 0 Å². The Morgan fingerprint density at radius 1 is 1.07 bits per heavy atom. The molecule has 0 N–H and O–H groups in total. The Morgan fingerprint density at radius 2 is 1.85 bits per heavy atom. The van der Waals surface area contributed by atoms with Crippen LogP contribution in [-0.4, -0.2) is 25.2 Å². The van der Waals surface area contributed by atoms with Crippen LogP contribution in [0.25, 0.3) is 0 Å². The zero-order valence-electron chi connectivity index (χ0n) is 17.3. The average molecular weight is 375 g/mol. The first-order valence-electron chi connectivity index (χ1n) is 10.7. The van der Waals surface area contributed by atoms with E-state index in [1.54, 1.807) is 0 Å². The molecule has 0 aromatic carbocycles. The van der Waals surface area contributed by atoms with Gasteiger partial charge in [0.15, 0.2) is 0 Å². The number of fused-ring (bicyclic) bond motifs is 5. The minimum atomic E-state index is -0.161. The van der Waals surface area contributed by atoms with Crippen LogP contribution in [0.15, 0.2) is 11.6 Å². The van der Waals surface area contributed by atoms with E-state index in [9.17, 15) is 9.59 Å². The minimum Gasteiger partial charge on any atom is -0.469 e. The monoisotopic (exact) mass is 374 g/mol. The lowest BCUT2D eigenvalue weighted by molar-refractivity contribution is -0.154. The summed E-state index contributed by atoms with van der Waals surface area (Å²) in [5, 5.41) is 0. The number of esters is 2. The summed E-state index contributed by atoms with van der Waals surface area (Å²) in [6, 6.07) is 0. The van der Waals surface area contributed by atoms with Crippen LogP contribution in [0.5, 0.6) is 0 Å². The first-order valence-corrected chi connectivity index (χ1v) is 10.7. The molecule has 3 saturated carbocycles. The van der Waals surface area contributed by atoms with Crippen molar-refractivity contribution in [3.8, 4) is 0 Å². The van der Waals surface area contributed by atoms with Gasteiger partial charge in [-0.1, -0.05) is 25.5 Å². The van der Waals surface area contributed by atoms with Gasteiger partial charge in [0.2, 0.25) is 0 Å². The molecule has 0 saturated heterocycles. The Balaban J connectivity index is 1.57. The Morgan fingerprint density at radius 3 is 2.56 bits per heavy atom. The summed E-state index contributed by atoms with van der Waals surface area (Å²) in [5.41, 5.74) is 1.86. The fraction of sp³-hybridized carbons (Fsp3) is 0.826. The molecule has 0 bridgehead atoms. The lowest BCUT2D eigenvalue weighted by Gasteiger charge is -2.57. The van der Waals surface area contributed by atoms with Crippen LogP contribution in [-0.2, 0) is 19.1 Å². The molecule has 2 unspecified atom stereocenters. The molecule has 0 spiro atoms. The van der Waals surface area contributed by atoms with Crippen molar-refractivity contribution < 1.29 is 19.1 Å². The highest BCUT2D eigenvalue weighted by molar-refractivity contribution is 5.73. The van der Waals surface area contributed by atoms with Crippen molar-refractivity contribution in [3.05, 3.63) is 11.6 Å². The van der Waals surface area contributed by atoms with Crippen LogP contribution in [0.4, 0.5) is 0 Å². The number of carbonyl (C=O) groups excluding carboxylic acids is 2. The van der Waals surface area contributed by atoms with Crippen molar-refractivity contribution in [1.29, 1.82) is 0 Å². The normalized spacial score (nSPS) is 45.8. The SMILES string of the molecule is COC(=O)C1CC[C@H]2[C@@H]3CC=C4CC(OC(C)=O)CC[C@]4(C)[C@@H]3CC[C@]12C. The Labute approximate surface area is 163 Å². The van der Waals surface area contributed by atoms with E-state index in [-0.39, 0.29) is 34.8 Å². The number of rotatable bonds is 2. The molecule has 150 valence electrons. The zero-order chi connectivity index (χ0) is 19.4. The topological polar surface area (TPSA) is 52.6 Å². The molecule has 0 heterocycles. The molecule has 0 radical (unpaired) electrons. The number of allylic oxidation sites excluding steroid dienone is 1. The molecule has 0 aliphatic heterocycles. The Hall–Kier alpha value is -1.32. The highest BCUT2D eigenvalue weighted by Crippen LogP contribution is 2.66. The molecule has 4 heteroatoms. The fourth-order valence-corrected chi connectivity index (χ4v) is 7.49. The van der Waals surface area contributed by atoms with Gasteiger partial charge < -0.3 is 9.47 Å². The maximum absolute atomic E-state index is 12.4. The first kappa shape index (κ1) is 19.0. The third-order valence-electron chi connectivity index (χ3n) is 8.88. The maximum Gasteiger partial charge on any atom is 0.309 e. The fourth-order valence-electron chi connectivity index (χ4n) is 7.49.